The molecule has 4 rings (SSSR count). The van der Waals surface area contributed by atoms with Crippen molar-refractivity contribution in [3.05, 3.63) is 80.3 Å². The Balaban J connectivity index is 1.45. The van der Waals surface area contributed by atoms with Crippen LogP contribution in [0.15, 0.2) is 48.5 Å². The van der Waals surface area contributed by atoms with Crippen molar-refractivity contribution >= 4 is 33.8 Å². The summed E-state index contributed by atoms with van der Waals surface area (Å²) in [5.74, 6) is -0.444. The summed E-state index contributed by atoms with van der Waals surface area (Å²) in [6.45, 7) is 2.56. The second kappa shape index (κ2) is 7.98. The molecule has 0 unspecified atom stereocenters. The van der Waals surface area contributed by atoms with E-state index < -0.39 is 10.8 Å². The number of carbonyl (C=O) groups is 1. The topological polar surface area (TPSA) is 114 Å². The van der Waals surface area contributed by atoms with E-state index in [2.05, 4.69) is 27.3 Å². The van der Waals surface area contributed by atoms with Crippen molar-refractivity contribution in [2.75, 3.05) is 17.6 Å². The number of aromatic nitrogens is 1. The number of amides is 1. The molecule has 0 radical (unpaired) electrons. The molecule has 1 aromatic heterocycles. The SMILES string of the molecule is Nc1ccc(C(=O)Nc2nc3c(s2)CN(Cc2ccccc2)CC3)cc1[N+](=O)[O-]. The van der Waals surface area contributed by atoms with Crippen LogP contribution in [0.4, 0.5) is 16.5 Å². The largest absolute Gasteiger partial charge is 0.393 e. The van der Waals surface area contributed by atoms with Gasteiger partial charge in [0, 0.05) is 42.6 Å². The maximum atomic E-state index is 12.5. The molecular formula is C20H19N5O3S. The van der Waals surface area contributed by atoms with Crippen LogP contribution in [0, 0.1) is 10.1 Å². The van der Waals surface area contributed by atoms with Gasteiger partial charge in [-0.25, -0.2) is 4.98 Å². The van der Waals surface area contributed by atoms with E-state index in [-0.39, 0.29) is 16.9 Å². The monoisotopic (exact) mass is 409 g/mol. The minimum Gasteiger partial charge on any atom is -0.393 e. The van der Waals surface area contributed by atoms with Crippen LogP contribution in [0.2, 0.25) is 0 Å². The fourth-order valence-electron chi connectivity index (χ4n) is 3.29. The van der Waals surface area contributed by atoms with E-state index in [0.717, 1.165) is 36.6 Å². The maximum absolute atomic E-state index is 12.5. The Morgan fingerprint density at radius 2 is 2.07 bits per heavy atom. The second-order valence-electron chi connectivity index (χ2n) is 6.82. The molecule has 0 atom stereocenters. The zero-order chi connectivity index (χ0) is 20.4. The average Bonchev–Trinajstić information content (AvgIpc) is 3.10. The minimum absolute atomic E-state index is 0.0229. The summed E-state index contributed by atoms with van der Waals surface area (Å²) in [7, 11) is 0. The van der Waals surface area contributed by atoms with E-state index in [4.69, 9.17) is 5.73 Å². The minimum atomic E-state index is -0.602. The second-order valence-corrected chi connectivity index (χ2v) is 7.90. The number of nitrogen functional groups attached to an aromatic ring is 1. The van der Waals surface area contributed by atoms with Crippen molar-refractivity contribution in [1.82, 2.24) is 9.88 Å². The highest BCUT2D eigenvalue weighted by Crippen LogP contribution is 2.30. The number of nitrogens with two attached hydrogens (primary N) is 1. The van der Waals surface area contributed by atoms with Gasteiger partial charge in [-0.1, -0.05) is 30.3 Å². The molecule has 148 valence electrons. The van der Waals surface area contributed by atoms with Gasteiger partial charge in [-0.3, -0.25) is 25.1 Å². The van der Waals surface area contributed by atoms with Crippen LogP contribution in [-0.4, -0.2) is 27.3 Å². The standard InChI is InChI=1S/C20H19N5O3S/c21-15-7-6-14(10-17(15)25(27)28)19(26)23-20-22-16-8-9-24(12-18(16)29-20)11-13-4-2-1-3-5-13/h1-7,10H,8-9,11-12,21H2,(H,22,23,26). The van der Waals surface area contributed by atoms with Gasteiger partial charge in [-0.2, -0.15) is 0 Å². The molecule has 0 spiro atoms. The van der Waals surface area contributed by atoms with E-state index in [0.29, 0.717) is 5.13 Å². The lowest BCUT2D eigenvalue weighted by Crippen LogP contribution is -2.29. The molecule has 0 aliphatic carbocycles. The van der Waals surface area contributed by atoms with Gasteiger partial charge < -0.3 is 5.73 Å². The van der Waals surface area contributed by atoms with Gasteiger partial charge in [0.15, 0.2) is 5.13 Å². The summed E-state index contributed by atoms with van der Waals surface area (Å²) in [6.07, 6.45) is 0.821. The van der Waals surface area contributed by atoms with Crippen LogP contribution >= 0.6 is 11.3 Å². The molecule has 8 nitrogen and oxygen atoms in total. The highest BCUT2D eigenvalue weighted by Gasteiger charge is 2.22. The van der Waals surface area contributed by atoms with Crippen molar-refractivity contribution in [3.63, 3.8) is 0 Å². The summed E-state index contributed by atoms with van der Waals surface area (Å²) < 4.78 is 0. The first-order valence-electron chi connectivity index (χ1n) is 9.10. The fourth-order valence-corrected chi connectivity index (χ4v) is 4.34. The number of thiazole rings is 1. The summed E-state index contributed by atoms with van der Waals surface area (Å²) in [5, 5.41) is 14.3. The molecule has 3 N–H and O–H groups in total. The lowest BCUT2D eigenvalue weighted by molar-refractivity contribution is -0.383. The molecule has 1 amide bonds. The summed E-state index contributed by atoms with van der Waals surface area (Å²) in [4.78, 5) is 30.9. The normalized spacial score (nSPS) is 13.7. The first-order valence-corrected chi connectivity index (χ1v) is 9.91. The predicted molar refractivity (Wildman–Crippen MR) is 112 cm³/mol. The third-order valence-corrected chi connectivity index (χ3v) is 5.77. The summed E-state index contributed by atoms with van der Waals surface area (Å²) in [5.41, 5.74) is 7.76. The Morgan fingerprint density at radius 1 is 1.28 bits per heavy atom. The van der Waals surface area contributed by atoms with E-state index in [1.54, 1.807) is 0 Å². The molecular weight excluding hydrogens is 390 g/mol. The number of nitrogens with one attached hydrogen (secondary N) is 1. The number of nitrogens with zero attached hydrogens (tertiary/aromatic N) is 3. The third-order valence-electron chi connectivity index (χ3n) is 4.77. The maximum Gasteiger partial charge on any atom is 0.292 e. The first kappa shape index (κ1) is 19.0. The van der Waals surface area contributed by atoms with Crippen molar-refractivity contribution < 1.29 is 9.72 Å². The van der Waals surface area contributed by atoms with Gasteiger partial charge in [0.2, 0.25) is 0 Å². The fraction of sp³-hybridized carbons (Fsp3) is 0.200. The first-order chi connectivity index (χ1) is 14.0. The van der Waals surface area contributed by atoms with Crippen molar-refractivity contribution in [2.24, 2.45) is 0 Å². The Morgan fingerprint density at radius 3 is 2.83 bits per heavy atom. The van der Waals surface area contributed by atoms with Gasteiger partial charge in [0.05, 0.1) is 10.6 Å². The number of carbonyl (C=O) groups excluding carboxylic acids is 1. The molecule has 0 bridgehead atoms. The quantitative estimate of drug-likeness (QED) is 0.379. The number of rotatable bonds is 5. The number of fused-ring (bicyclic) bond motifs is 1. The molecule has 0 fully saturated rings. The van der Waals surface area contributed by atoms with Crippen LogP contribution in [-0.2, 0) is 19.5 Å². The average molecular weight is 409 g/mol. The molecule has 0 saturated heterocycles. The zero-order valence-corrected chi connectivity index (χ0v) is 16.3. The third kappa shape index (κ3) is 4.25. The van der Waals surface area contributed by atoms with Gasteiger partial charge in [0.25, 0.3) is 11.6 Å². The Labute approximate surface area is 171 Å². The zero-order valence-electron chi connectivity index (χ0n) is 15.5. The summed E-state index contributed by atoms with van der Waals surface area (Å²) >= 11 is 1.44. The molecule has 1 aliphatic rings. The Hall–Kier alpha value is -3.30. The summed E-state index contributed by atoms with van der Waals surface area (Å²) in [6, 6.07) is 14.3. The number of benzene rings is 2. The van der Waals surface area contributed by atoms with Crippen LogP contribution in [0.1, 0.15) is 26.5 Å². The molecule has 3 aromatic rings. The number of nitro groups is 1. The van der Waals surface area contributed by atoms with Gasteiger partial charge in [0.1, 0.15) is 5.69 Å². The lowest BCUT2D eigenvalue weighted by Gasteiger charge is -2.25. The van der Waals surface area contributed by atoms with Crippen LogP contribution in [0.25, 0.3) is 0 Å². The van der Waals surface area contributed by atoms with E-state index in [9.17, 15) is 14.9 Å². The van der Waals surface area contributed by atoms with Crippen molar-refractivity contribution in [1.29, 1.82) is 0 Å². The molecule has 2 heterocycles. The Kier molecular flexibility index (Phi) is 5.24. The van der Waals surface area contributed by atoms with Gasteiger partial charge in [-0.15, -0.1) is 11.3 Å². The predicted octanol–water partition coefficient (Wildman–Crippen LogP) is 3.44. The van der Waals surface area contributed by atoms with Crippen molar-refractivity contribution in [3.8, 4) is 0 Å². The van der Waals surface area contributed by atoms with E-state index in [1.165, 1.54) is 35.1 Å². The number of hydrogen-bond acceptors (Lipinski definition) is 7. The number of hydrogen-bond donors (Lipinski definition) is 2. The smallest absolute Gasteiger partial charge is 0.292 e. The molecule has 2 aromatic carbocycles. The molecule has 1 aliphatic heterocycles. The number of anilines is 2. The Bertz CT molecular complexity index is 1070. The van der Waals surface area contributed by atoms with Crippen molar-refractivity contribution in [2.45, 2.75) is 19.5 Å². The van der Waals surface area contributed by atoms with E-state index in [1.807, 2.05) is 18.2 Å². The number of nitro benzene ring substituents is 1. The molecule has 9 heteroatoms. The van der Waals surface area contributed by atoms with Crippen LogP contribution < -0.4 is 11.1 Å². The van der Waals surface area contributed by atoms with E-state index >= 15 is 0 Å². The van der Waals surface area contributed by atoms with Gasteiger partial charge in [-0.05, 0) is 17.7 Å². The molecule has 0 saturated carbocycles. The van der Waals surface area contributed by atoms with Crippen LogP contribution in [0.5, 0.6) is 0 Å². The lowest BCUT2D eigenvalue weighted by atomic mass is 10.1. The highest BCUT2D eigenvalue weighted by atomic mass is 32.1. The molecule has 29 heavy (non-hydrogen) atoms. The van der Waals surface area contributed by atoms with Crippen LogP contribution in [0.3, 0.4) is 0 Å². The highest BCUT2D eigenvalue weighted by molar-refractivity contribution is 7.15. The van der Waals surface area contributed by atoms with Gasteiger partial charge >= 0.3 is 0 Å².